The maximum atomic E-state index is 6.39. The van der Waals surface area contributed by atoms with E-state index >= 15 is 0 Å². The van der Waals surface area contributed by atoms with Gasteiger partial charge in [-0.05, 0) is 40.4 Å². The highest BCUT2D eigenvalue weighted by atomic mass is 79.9. The number of rotatable bonds is 1. The van der Waals surface area contributed by atoms with Gasteiger partial charge in [0.2, 0.25) is 0 Å². The SMILES string of the molecule is NC1(c2cncc(Br)c2)CCCCC1. The summed E-state index contributed by atoms with van der Waals surface area (Å²) in [7, 11) is 0. The van der Waals surface area contributed by atoms with Crippen LogP contribution in [0.25, 0.3) is 0 Å². The van der Waals surface area contributed by atoms with Crippen LogP contribution < -0.4 is 5.73 Å². The smallest absolute Gasteiger partial charge is 0.0425 e. The van der Waals surface area contributed by atoms with Gasteiger partial charge >= 0.3 is 0 Å². The maximum Gasteiger partial charge on any atom is 0.0425 e. The Kier molecular flexibility index (Phi) is 2.88. The molecule has 14 heavy (non-hydrogen) atoms. The highest BCUT2D eigenvalue weighted by molar-refractivity contribution is 9.10. The normalized spacial score (nSPS) is 20.7. The summed E-state index contributed by atoms with van der Waals surface area (Å²) in [4.78, 5) is 4.18. The molecule has 0 spiro atoms. The first-order chi connectivity index (χ1) is 6.71. The second-order valence-electron chi connectivity index (χ2n) is 4.11. The van der Waals surface area contributed by atoms with Gasteiger partial charge in [0.1, 0.15) is 0 Å². The zero-order valence-corrected chi connectivity index (χ0v) is 9.76. The molecule has 1 heterocycles. The summed E-state index contributed by atoms with van der Waals surface area (Å²) in [6, 6.07) is 2.10. The van der Waals surface area contributed by atoms with Crippen LogP contribution in [0.3, 0.4) is 0 Å². The average molecular weight is 255 g/mol. The van der Waals surface area contributed by atoms with Crippen LogP contribution in [-0.4, -0.2) is 4.98 Å². The summed E-state index contributed by atoms with van der Waals surface area (Å²) < 4.78 is 1.02. The van der Waals surface area contributed by atoms with E-state index in [1.165, 1.54) is 24.8 Å². The highest BCUT2D eigenvalue weighted by Crippen LogP contribution is 2.34. The lowest BCUT2D eigenvalue weighted by atomic mass is 9.78. The molecule has 2 rings (SSSR count). The fourth-order valence-corrected chi connectivity index (χ4v) is 2.52. The molecule has 1 aliphatic rings. The van der Waals surface area contributed by atoms with Crippen molar-refractivity contribution in [2.24, 2.45) is 5.73 Å². The Morgan fingerprint density at radius 1 is 1.21 bits per heavy atom. The highest BCUT2D eigenvalue weighted by Gasteiger charge is 2.29. The standard InChI is InChI=1S/C11H15BrN2/c12-10-6-9(7-14-8-10)11(13)4-2-1-3-5-11/h6-8H,1-5,13H2. The molecule has 0 saturated heterocycles. The van der Waals surface area contributed by atoms with Crippen LogP contribution in [0.2, 0.25) is 0 Å². The minimum Gasteiger partial charge on any atom is -0.321 e. The fraction of sp³-hybridized carbons (Fsp3) is 0.545. The number of pyridine rings is 1. The maximum absolute atomic E-state index is 6.39. The summed E-state index contributed by atoms with van der Waals surface area (Å²) >= 11 is 3.43. The largest absolute Gasteiger partial charge is 0.321 e. The first kappa shape index (κ1) is 10.1. The predicted octanol–water partition coefficient (Wildman–Crippen LogP) is 2.96. The van der Waals surface area contributed by atoms with Gasteiger partial charge in [0.15, 0.2) is 0 Å². The zero-order valence-electron chi connectivity index (χ0n) is 8.17. The summed E-state index contributed by atoms with van der Waals surface area (Å²) in [6.07, 6.45) is 9.68. The van der Waals surface area contributed by atoms with Gasteiger partial charge in [-0.25, -0.2) is 0 Å². The first-order valence-corrected chi connectivity index (χ1v) is 5.90. The lowest BCUT2D eigenvalue weighted by Gasteiger charge is -2.33. The van der Waals surface area contributed by atoms with Gasteiger partial charge < -0.3 is 5.73 Å². The number of aromatic nitrogens is 1. The lowest BCUT2D eigenvalue weighted by Crippen LogP contribution is -2.38. The molecule has 3 heteroatoms. The number of hydrogen-bond donors (Lipinski definition) is 1. The molecular formula is C11H15BrN2. The predicted molar refractivity (Wildman–Crippen MR) is 60.9 cm³/mol. The number of hydrogen-bond acceptors (Lipinski definition) is 2. The molecule has 1 aromatic heterocycles. The van der Waals surface area contributed by atoms with Gasteiger partial charge in [-0.2, -0.15) is 0 Å². The van der Waals surface area contributed by atoms with Crippen LogP contribution in [-0.2, 0) is 5.54 Å². The Morgan fingerprint density at radius 2 is 1.93 bits per heavy atom. The van der Waals surface area contributed by atoms with Crippen LogP contribution in [0.1, 0.15) is 37.7 Å². The third-order valence-corrected chi connectivity index (χ3v) is 3.46. The van der Waals surface area contributed by atoms with Gasteiger partial charge in [0.05, 0.1) is 0 Å². The minimum atomic E-state index is -0.130. The summed E-state index contributed by atoms with van der Waals surface area (Å²) in [5, 5.41) is 0. The molecule has 0 unspecified atom stereocenters. The molecule has 2 N–H and O–H groups in total. The number of nitrogens with zero attached hydrogens (tertiary/aromatic N) is 1. The molecule has 0 atom stereocenters. The van der Waals surface area contributed by atoms with Crippen molar-refractivity contribution in [1.29, 1.82) is 0 Å². The fourth-order valence-electron chi connectivity index (χ4n) is 2.16. The van der Waals surface area contributed by atoms with Crippen molar-refractivity contribution in [2.75, 3.05) is 0 Å². The summed E-state index contributed by atoms with van der Waals surface area (Å²) in [5.74, 6) is 0. The van der Waals surface area contributed by atoms with E-state index in [4.69, 9.17) is 5.73 Å². The third kappa shape index (κ3) is 1.98. The van der Waals surface area contributed by atoms with Gasteiger partial charge in [0.25, 0.3) is 0 Å². The molecule has 0 aliphatic heterocycles. The Bertz CT molecular complexity index is 319. The van der Waals surface area contributed by atoms with Crippen molar-refractivity contribution in [3.8, 4) is 0 Å². The van der Waals surface area contributed by atoms with E-state index < -0.39 is 0 Å². The molecule has 0 bridgehead atoms. The van der Waals surface area contributed by atoms with E-state index in [1.807, 2.05) is 6.20 Å². The van der Waals surface area contributed by atoms with Crippen molar-refractivity contribution in [2.45, 2.75) is 37.6 Å². The monoisotopic (exact) mass is 254 g/mol. The lowest BCUT2D eigenvalue weighted by molar-refractivity contribution is 0.301. The Balaban J connectivity index is 2.28. The topological polar surface area (TPSA) is 38.9 Å². The van der Waals surface area contributed by atoms with Crippen LogP contribution >= 0.6 is 15.9 Å². The van der Waals surface area contributed by atoms with E-state index in [1.54, 1.807) is 6.20 Å². The molecule has 1 aromatic rings. The minimum absolute atomic E-state index is 0.130. The van der Waals surface area contributed by atoms with Crippen LogP contribution in [0, 0.1) is 0 Å². The van der Waals surface area contributed by atoms with Crippen LogP contribution in [0.15, 0.2) is 22.9 Å². The zero-order chi connectivity index (χ0) is 10.0. The van der Waals surface area contributed by atoms with Gasteiger partial charge in [-0.15, -0.1) is 0 Å². The molecule has 1 aliphatic carbocycles. The number of nitrogens with two attached hydrogens (primary N) is 1. The van der Waals surface area contributed by atoms with Crippen molar-refractivity contribution in [3.05, 3.63) is 28.5 Å². The second kappa shape index (κ2) is 3.99. The van der Waals surface area contributed by atoms with E-state index in [0.29, 0.717) is 0 Å². The molecule has 0 amide bonds. The van der Waals surface area contributed by atoms with Crippen LogP contribution in [0.5, 0.6) is 0 Å². The molecule has 1 fully saturated rings. The molecule has 0 radical (unpaired) electrons. The summed E-state index contributed by atoms with van der Waals surface area (Å²) in [6.45, 7) is 0. The van der Waals surface area contributed by atoms with Gasteiger partial charge in [0, 0.05) is 22.4 Å². The molecule has 0 aromatic carbocycles. The van der Waals surface area contributed by atoms with Crippen molar-refractivity contribution >= 4 is 15.9 Å². The Morgan fingerprint density at radius 3 is 2.57 bits per heavy atom. The van der Waals surface area contributed by atoms with Gasteiger partial charge in [-0.1, -0.05) is 19.3 Å². The average Bonchev–Trinajstić information content (AvgIpc) is 2.19. The van der Waals surface area contributed by atoms with Crippen molar-refractivity contribution in [1.82, 2.24) is 4.98 Å². The van der Waals surface area contributed by atoms with E-state index in [0.717, 1.165) is 17.3 Å². The quantitative estimate of drug-likeness (QED) is 0.837. The summed E-state index contributed by atoms with van der Waals surface area (Å²) in [5.41, 5.74) is 7.43. The van der Waals surface area contributed by atoms with Gasteiger partial charge in [-0.3, -0.25) is 4.98 Å². The van der Waals surface area contributed by atoms with E-state index in [2.05, 4.69) is 27.0 Å². The van der Waals surface area contributed by atoms with Crippen molar-refractivity contribution < 1.29 is 0 Å². The first-order valence-electron chi connectivity index (χ1n) is 5.11. The molecular weight excluding hydrogens is 240 g/mol. The van der Waals surface area contributed by atoms with E-state index in [9.17, 15) is 0 Å². The molecule has 2 nitrogen and oxygen atoms in total. The molecule has 76 valence electrons. The Labute approximate surface area is 93.0 Å². The van der Waals surface area contributed by atoms with Crippen LogP contribution in [0.4, 0.5) is 0 Å². The second-order valence-corrected chi connectivity index (χ2v) is 5.02. The van der Waals surface area contributed by atoms with E-state index in [-0.39, 0.29) is 5.54 Å². The number of halogens is 1. The molecule has 1 saturated carbocycles. The third-order valence-electron chi connectivity index (χ3n) is 3.03. The Hall–Kier alpha value is -0.410. The van der Waals surface area contributed by atoms with Crippen molar-refractivity contribution in [3.63, 3.8) is 0 Å².